The highest BCUT2D eigenvalue weighted by molar-refractivity contribution is 6.30. The van der Waals surface area contributed by atoms with Crippen LogP contribution in [0.3, 0.4) is 0 Å². The molecule has 0 unspecified atom stereocenters. The van der Waals surface area contributed by atoms with Crippen molar-refractivity contribution in [3.63, 3.8) is 0 Å². The molecule has 0 spiro atoms. The van der Waals surface area contributed by atoms with Gasteiger partial charge in [0.05, 0.1) is 6.21 Å². The van der Waals surface area contributed by atoms with Gasteiger partial charge in [0.25, 0.3) is 5.91 Å². The van der Waals surface area contributed by atoms with Gasteiger partial charge in [-0.05, 0) is 42.8 Å². The number of phenolic OH excluding ortho intramolecular Hbond substituents is 1. The van der Waals surface area contributed by atoms with Crippen molar-refractivity contribution in [2.75, 3.05) is 6.61 Å². The summed E-state index contributed by atoms with van der Waals surface area (Å²) in [6, 6.07) is 10.9. The molecule has 0 fully saturated rings. The minimum Gasteiger partial charge on any atom is -0.507 e. The van der Waals surface area contributed by atoms with Gasteiger partial charge < -0.3 is 14.3 Å². The average molecular weight is 387 g/mol. The van der Waals surface area contributed by atoms with Crippen LogP contribution in [-0.4, -0.2) is 23.8 Å². The number of aryl methyl sites for hydroxylation is 1. The van der Waals surface area contributed by atoms with E-state index in [1.807, 2.05) is 6.92 Å². The molecule has 3 rings (SSSR count). The number of benzene rings is 2. The molecule has 2 aromatic carbocycles. The molecule has 0 aliphatic heterocycles. The van der Waals surface area contributed by atoms with Crippen molar-refractivity contribution in [1.82, 2.24) is 5.43 Å². The standard InChI is InChI=1S/C19H15ClN2O5/c1-11-6-19(25)27-17-8-14(3-4-15(11)17)26-10-18(24)22-21-9-12-7-13(20)2-5-16(12)23/h2-9,23H,10H2,1H3,(H,22,24)/b21-9+. The smallest absolute Gasteiger partial charge is 0.336 e. The molecule has 0 radical (unpaired) electrons. The van der Waals surface area contributed by atoms with Crippen molar-refractivity contribution in [3.05, 3.63) is 69.0 Å². The molecule has 0 saturated heterocycles. The van der Waals surface area contributed by atoms with Gasteiger partial charge in [0.1, 0.15) is 17.1 Å². The Morgan fingerprint density at radius 1 is 1.30 bits per heavy atom. The number of halogens is 1. The van der Waals surface area contributed by atoms with E-state index in [0.717, 1.165) is 10.9 Å². The summed E-state index contributed by atoms with van der Waals surface area (Å²) in [5, 5.41) is 14.6. The van der Waals surface area contributed by atoms with E-state index in [1.165, 1.54) is 30.5 Å². The highest BCUT2D eigenvalue weighted by atomic mass is 35.5. The van der Waals surface area contributed by atoms with E-state index in [9.17, 15) is 14.7 Å². The van der Waals surface area contributed by atoms with Crippen molar-refractivity contribution in [1.29, 1.82) is 0 Å². The molecule has 8 heteroatoms. The Hall–Kier alpha value is -3.32. The summed E-state index contributed by atoms with van der Waals surface area (Å²) in [5.74, 6) is -0.136. The van der Waals surface area contributed by atoms with Crippen LogP contribution in [0.15, 0.2) is 56.8 Å². The van der Waals surface area contributed by atoms with E-state index in [0.29, 0.717) is 21.9 Å². The van der Waals surface area contributed by atoms with Crippen molar-refractivity contribution in [2.24, 2.45) is 5.10 Å². The molecule has 0 aliphatic rings. The number of fused-ring (bicyclic) bond motifs is 1. The van der Waals surface area contributed by atoms with Gasteiger partial charge in [-0.25, -0.2) is 10.2 Å². The van der Waals surface area contributed by atoms with E-state index in [2.05, 4.69) is 10.5 Å². The number of nitrogens with one attached hydrogen (secondary N) is 1. The summed E-state index contributed by atoms with van der Waals surface area (Å²) < 4.78 is 10.5. The van der Waals surface area contributed by atoms with Crippen LogP contribution in [0.5, 0.6) is 11.5 Å². The van der Waals surface area contributed by atoms with Gasteiger partial charge in [-0.15, -0.1) is 0 Å². The molecule has 0 atom stereocenters. The molecular weight excluding hydrogens is 372 g/mol. The predicted octanol–water partition coefficient (Wildman–Crippen LogP) is 2.99. The number of hydrogen-bond acceptors (Lipinski definition) is 6. The first-order valence-corrected chi connectivity index (χ1v) is 8.28. The van der Waals surface area contributed by atoms with Crippen molar-refractivity contribution in [3.8, 4) is 11.5 Å². The molecule has 7 nitrogen and oxygen atoms in total. The lowest BCUT2D eigenvalue weighted by molar-refractivity contribution is -0.123. The van der Waals surface area contributed by atoms with Crippen LogP contribution in [0.2, 0.25) is 5.02 Å². The van der Waals surface area contributed by atoms with E-state index >= 15 is 0 Å². The van der Waals surface area contributed by atoms with E-state index in [1.54, 1.807) is 18.2 Å². The molecule has 0 saturated carbocycles. The summed E-state index contributed by atoms with van der Waals surface area (Å²) in [7, 11) is 0. The number of ether oxygens (including phenoxy) is 1. The van der Waals surface area contributed by atoms with Gasteiger partial charge in [-0.3, -0.25) is 4.79 Å². The average Bonchev–Trinajstić information content (AvgIpc) is 2.62. The Kier molecular flexibility index (Phi) is 5.42. The third-order valence-electron chi connectivity index (χ3n) is 3.68. The summed E-state index contributed by atoms with van der Waals surface area (Å²) in [6.07, 6.45) is 1.27. The number of hydrogen-bond donors (Lipinski definition) is 2. The van der Waals surface area contributed by atoms with Gasteiger partial charge in [0.2, 0.25) is 0 Å². The van der Waals surface area contributed by atoms with Crippen LogP contribution in [-0.2, 0) is 4.79 Å². The lowest BCUT2D eigenvalue weighted by Gasteiger charge is -2.06. The lowest BCUT2D eigenvalue weighted by atomic mass is 10.1. The third-order valence-corrected chi connectivity index (χ3v) is 3.91. The van der Waals surface area contributed by atoms with Gasteiger partial charge in [-0.1, -0.05) is 11.6 Å². The Labute approximate surface area is 158 Å². The highest BCUT2D eigenvalue weighted by Gasteiger charge is 2.06. The largest absolute Gasteiger partial charge is 0.507 e. The number of hydrazone groups is 1. The number of carbonyl (C=O) groups is 1. The van der Waals surface area contributed by atoms with Crippen molar-refractivity contribution in [2.45, 2.75) is 6.92 Å². The maximum atomic E-state index is 11.8. The van der Waals surface area contributed by atoms with Gasteiger partial charge in [0.15, 0.2) is 6.61 Å². The molecular formula is C19H15ClN2O5. The summed E-state index contributed by atoms with van der Waals surface area (Å²) >= 11 is 5.83. The first kappa shape index (κ1) is 18.5. The van der Waals surface area contributed by atoms with Crippen LogP contribution in [0, 0.1) is 6.92 Å². The Balaban J connectivity index is 1.60. The van der Waals surface area contributed by atoms with Gasteiger partial charge in [0, 0.05) is 28.1 Å². The Morgan fingerprint density at radius 3 is 2.93 bits per heavy atom. The monoisotopic (exact) mass is 386 g/mol. The summed E-state index contributed by atoms with van der Waals surface area (Å²) in [5.41, 5.74) is 3.37. The second-order valence-corrected chi connectivity index (χ2v) is 6.13. The van der Waals surface area contributed by atoms with Crippen LogP contribution in [0.25, 0.3) is 11.0 Å². The molecule has 1 aromatic heterocycles. The summed E-state index contributed by atoms with van der Waals surface area (Å²) in [6.45, 7) is 1.52. The molecule has 138 valence electrons. The second-order valence-electron chi connectivity index (χ2n) is 5.69. The third kappa shape index (κ3) is 4.65. The van der Waals surface area contributed by atoms with Gasteiger partial charge >= 0.3 is 5.63 Å². The van der Waals surface area contributed by atoms with Crippen LogP contribution >= 0.6 is 11.6 Å². The van der Waals surface area contributed by atoms with Crippen molar-refractivity contribution < 1.29 is 19.1 Å². The fourth-order valence-electron chi connectivity index (χ4n) is 2.38. The predicted molar refractivity (Wildman–Crippen MR) is 102 cm³/mol. The molecule has 1 amide bonds. The zero-order valence-electron chi connectivity index (χ0n) is 14.2. The van der Waals surface area contributed by atoms with Crippen LogP contribution < -0.4 is 15.8 Å². The number of carbonyl (C=O) groups excluding carboxylic acids is 1. The minimum absolute atomic E-state index is 0.0124. The minimum atomic E-state index is -0.501. The van der Waals surface area contributed by atoms with E-state index in [4.69, 9.17) is 20.8 Å². The normalized spacial score (nSPS) is 11.0. The van der Waals surface area contributed by atoms with E-state index in [-0.39, 0.29) is 12.4 Å². The fraction of sp³-hybridized carbons (Fsp3) is 0.105. The molecule has 0 bridgehead atoms. The van der Waals surface area contributed by atoms with E-state index < -0.39 is 11.5 Å². The first-order valence-electron chi connectivity index (χ1n) is 7.90. The van der Waals surface area contributed by atoms with Crippen LogP contribution in [0.4, 0.5) is 0 Å². The zero-order valence-corrected chi connectivity index (χ0v) is 15.0. The topological polar surface area (TPSA) is 101 Å². The fourth-order valence-corrected chi connectivity index (χ4v) is 2.56. The lowest BCUT2D eigenvalue weighted by Crippen LogP contribution is -2.24. The molecule has 0 aliphatic carbocycles. The number of aromatic hydroxyl groups is 1. The SMILES string of the molecule is Cc1cc(=O)oc2cc(OCC(=O)N/N=C/c3cc(Cl)ccc3O)ccc12. The van der Waals surface area contributed by atoms with Gasteiger partial charge in [-0.2, -0.15) is 5.10 Å². The van der Waals surface area contributed by atoms with Crippen molar-refractivity contribution >= 4 is 34.7 Å². The summed E-state index contributed by atoms with van der Waals surface area (Å²) in [4.78, 5) is 23.3. The molecule has 27 heavy (non-hydrogen) atoms. The Morgan fingerprint density at radius 2 is 2.11 bits per heavy atom. The molecule has 1 heterocycles. The zero-order chi connectivity index (χ0) is 19.4. The van der Waals surface area contributed by atoms with Crippen LogP contribution in [0.1, 0.15) is 11.1 Å². The maximum Gasteiger partial charge on any atom is 0.336 e. The number of nitrogens with zero attached hydrogens (tertiary/aromatic N) is 1. The number of amides is 1. The molecule has 2 N–H and O–H groups in total. The Bertz CT molecular complexity index is 1090. The quantitative estimate of drug-likeness (QED) is 0.399. The first-order chi connectivity index (χ1) is 12.9. The number of rotatable bonds is 5. The second kappa shape index (κ2) is 7.92. The number of phenols is 1. The maximum absolute atomic E-state index is 11.8. The molecule has 3 aromatic rings. The highest BCUT2D eigenvalue weighted by Crippen LogP contribution is 2.22.